The molecular formula is C21H18BrNO3. The molecule has 3 aromatic rings. The number of Topliss-reactive ketones (excluding diaryl/α,β-unsaturated/α-hetero) is 1. The number of carbonyl (C=O) groups is 2. The van der Waals surface area contributed by atoms with E-state index in [4.69, 9.17) is 4.74 Å². The Labute approximate surface area is 160 Å². The van der Waals surface area contributed by atoms with Crippen LogP contribution in [-0.2, 0) is 9.53 Å². The molecule has 1 N–H and O–H groups in total. The predicted octanol–water partition coefficient (Wildman–Crippen LogP) is 5.07. The number of hydrogen-bond donors (Lipinski definition) is 1. The van der Waals surface area contributed by atoms with Crippen molar-refractivity contribution in [3.63, 3.8) is 0 Å². The number of hydrogen-bond acceptors (Lipinski definition) is 3. The number of nitrogens with one attached hydrogen (secondary N) is 1. The van der Waals surface area contributed by atoms with Crippen LogP contribution in [0.1, 0.15) is 28.5 Å². The number of aromatic nitrogens is 1. The molecule has 26 heavy (non-hydrogen) atoms. The van der Waals surface area contributed by atoms with E-state index in [1.807, 2.05) is 55.5 Å². The Balaban J connectivity index is 1.72. The van der Waals surface area contributed by atoms with E-state index in [9.17, 15) is 9.59 Å². The molecule has 0 aliphatic carbocycles. The van der Waals surface area contributed by atoms with Gasteiger partial charge in [-0.2, -0.15) is 0 Å². The molecule has 4 nitrogen and oxygen atoms in total. The average Bonchev–Trinajstić information content (AvgIpc) is 2.95. The fourth-order valence-electron chi connectivity index (χ4n) is 2.84. The van der Waals surface area contributed by atoms with Crippen LogP contribution in [0.4, 0.5) is 0 Å². The van der Waals surface area contributed by atoms with Gasteiger partial charge in [-0.15, -0.1) is 0 Å². The lowest BCUT2D eigenvalue weighted by molar-refractivity contribution is -0.140. The summed E-state index contributed by atoms with van der Waals surface area (Å²) >= 11 is 3.38. The number of ketones is 1. The minimum Gasteiger partial charge on any atom is -0.451 e. The molecule has 0 aliphatic heterocycles. The molecule has 0 bridgehead atoms. The minimum absolute atomic E-state index is 0.218. The smallest absolute Gasteiger partial charge is 0.331 e. The molecular weight excluding hydrogens is 394 g/mol. The van der Waals surface area contributed by atoms with Crippen LogP contribution in [0.15, 0.2) is 59.1 Å². The number of ether oxygens (including phenoxy) is 1. The van der Waals surface area contributed by atoms with Crippen molar-refractivity contribution in [2.24, 2.45) is 0 Å². The van der Waals surface area contributed by atoms with Gasteiger partial charge >= 0.3 is 5.97 Å². The molecule has 0 radical (unpaired) electrons. The highest BCUT2D eigenvalue weighted by Crippen LogP contribution is 2.24. The lowest BCUT2D eigenvalue weighted by Gasteiger charge is -2.11. The van der Waals surface area contributed by atoms with Crippen molar-refractivity contribution in [2.45, 2.75) is 20.0 Å². The number of fused-ring (bicyclic) bond motifs is 1. The Bertz CT molecular complexity index is 1000. The van der Waals surface area contributed by atoms with Crippen molar-refractivity contribution in [1.29, 1.82) is 0 Å². The zero-order valence-electron chi connectivity index (χ0n) is 14.5. The number of para-hydroxylation sites is 1. The molecule has 1 aromatic heterocycles. The lowest BCUT2D eigenvalue weighted by Crippen LogP contribution is -2.24. The standard InChI is InChI=1S/C21H18BrNO3/c1-13-20(17-8-3-4-9-18(17)23-13)21(25)14(2)26-19(24)11-10-15-6-5-7-16(22)12-15/h3-12,14,23H,1-2H3/b11-10+/t14-/m0/s1. The molecule has 0 aliphatic rings. The van der Waals surface area contributed by atoms with E-state index in [1.54, 1.807) is 13.0 Å². The van der Waals surface area contributed by atoms with Crippen LogP contribution < -0.4 is 0 Å². The van der Waals surface area contributed by atoms with Gasteiger partial charge in [0.05, 0.1) is 0 Å². The molecule has 1 heterocycles. The first kappa shape index (κ1) is 18.1. The summed E-state index contributed by atoms with van der Waals surface area (Å²) in [6, 6.07) is 15.1. The first-order valence-electron chi connectivity index (χ1n) is 8.21. The number of aryl methyl sites for hydroxylation is 1. The highest BCUT2D eigenvalue weighted by molar-refractivity contribution is 9.10. The predicted molar refractivity (Wildman–Crippen MR) is 106 cm³/mol. The monoisotopic (exact) mass is 411 g/mol. The van der Waals surface area contributed by atoms with Crippen molar-refractivity contribution < 1.29 is 14.3 Å². The van der Waals surface area contributed by atoms with E-state index in [-0.39, 0.29) is 5.78 Å². The van der Waals surface area contributed by atoms with E-state index in [0.29, 0.717) is 5.56 Å². The molecule has 0 unspecified atom stereocenters. The minimum atomic E-state index is -0.868. The molecule has 132 valence electrons. The summed E-state index contributed by atoms with van der Waals surface area (Å²) in [5.41, 5.74) is 3.09. The summed E-state index contributed by atoms with van der Waals surface area (Å²) in [6.07, 6.45) is 2.11. The first-order chi connectivity index (χ1) is 12.5. The fourth-order valence-corrected chi connectivity index (χ4v) is 3.26. The molecule has 3 rings (SSSR count). The van der Waals surface area contributed by atoms with Gasteiger partial charge in [-0.05, 0) is 43.7 Å². The largest absolute Gasteiger partial charge is 0.451 e. The van der Waals surface area contributed by atoms with Gasteiger partial charge in [-0.1, -0.05) is 46.3 Å². The Hall–Kier alpha value is -2.66. The molecule has 2 aromatic carbocycles. The maximum Gasteiger partial charge on any atom is 0.331 e. The van der Waals surface area contributed by atoms with Crippen LogP contribution >= 0.6 is 15.9 Å². The van der Waals surface area contributed by atoms with Crippen LogP contribution in [-0.4, -0.2) is 22.8 Å². The van der Waals surface area contributed by atoms with Gasteiger partial charge in [0.15, 0.2) is 6.10 Å². The molecule has 0 spiro atoms. The maximum atomic E-state index is 12.8. The van der Waals surface area contributed by atoms with Gasteiger partial charge in [0.1, 0.15) is 0 Å². The van der Waals surface area contributed by atoms with Crippen molar-refractivity contribution >= 4 is 44.7 Å². The molecule has 0 fully saturated rings. The van der Waals surface area contributed by atoms with Gasteiger partial charge in [-0.3, -0.25) is 4.79 Å². The second-order valence-corrected chi connectivity index (χ2v) is 6.92. The van der Waals surface area contributed by atoms with Crippen LogP contribution in [0.25, 0.3) is 17.0 Å². The zero-order valence-corrected chi connectivity index (χ0v) is 16.0. The third-order valence-electron chi connectivity index (χ3n) is 4.06. The van der Waals surface area contributed by atoms with Crippen molar-refractivity contribution in [1.82, 2.24) is 4.98 Å². The number of rotatable bonds is 5. The highest BCUT2D eigenvalue weighted by Gasteiger charge is 2.23. The van der Waals surface area contributed by atoms with Gasteiger partial charge < -0.3 is 9.72 Å². The fraction of sp³-hybridized carbons (Fsp3) is 0.143. The molecule has 1 atom stereocenters. The van der Waals surface area contributed by atoms with Crippen LogP contribution in [0.3, 0.4) is 0 Å². The van der Waals surface area contributed by atoms with Crippen LogP contribution in [0.2, 0.25) is 0 Å². The highest BCUT2D eigenvalue weighted by atomic mass is 79.9. The number of aromatic amines is 1. The third kappa shape index (κ3) is 3.94. The second kappa shape index (κ2) is 7.70. The molecule has 5 heteroatoms. The van der Waals surface area contributed by atoms with Gasteiger partial charge in [-0.25, -0.2) is 4.79 Å². The van der Waals surface area contributed by atoms with Crippen molar-refractivity contribution in [3.8, 4) is 0 Å². The second-order valence-electron chi connectivity index (χ2n) is 6.00. The van der Waals surface area contributed by atoms with Crippen molar-refractivity contribution in [2.75, 3.05) is 0 Å². The summed E-state index contributed by atoms with van der Waals surface area (Å²) in [4.78, 5) is 28.0. The number of carbonyl (C=O) groups excluding carboxylic acids is 2. The van der Waals surface area contributed by atoms with E-state index in [0.717, 1.165) is 26.6 Å². The quantitative estimate of drug-likeness (QED) is 0.362. The summed E-state index contributed by atoms with van der Waals surface area (Å²) < 4.78 is 6.21. The Morgan fingerprint density at radius 1 is 1.15 bits per heavy atom. The lowest BCUT2D eigenvalue weighted by atomic mass is 10.0. The van der Waals surface area contributed by atoms with Gasteiger partial charge in [0.2, 0.25) is 5.78 Å². The van der Waals surface area contributed by atoms with Gasteiger partial charge in [0, 0.05) is 32.7 Å². The SMILES string of the molecule is Cc1[nH]c2ccccc2c1C(=O)[C@H](C)OC(=O)/C=C/c1cccc(Br)c1. The number of benzene rings is 2. The Morgan fingerprint density at radius 3 is 2.69 bits per heavy atom. The number of H-pyrrole nitrogens is 1. The summed E-state index contributed by atoms with van der Waals surface area (Å²) in [5.74, 6) is -0.771. The van der Waals surface area contributed by atoms with E-state index >= 15 is 0 Å². The van der Waals surface area contributed by atoms with E-state index in [2.05, 4.69) is 20.9 Å². The van der Waals surface area contributed by atoms with Crippen molar-refractivity contribution in [3.05, 3.63) is 75.9 Å². The molecule has 0 amide bonds. The van der Waals surface area contributed by atoms with Gasteiger partial charge in [0.25, 0.3) is 0 Å². The van der Waals surface area contributed by atoms with E-state index < -0.39 is 12.1 Å². The summed E-state index contributed by atoms with van der Waals surface area (Å²) in [6.45, 7) is 3.43. The first-order valence-corrected chi connectivity index (χ1v) is 9.01. The Kier molecular flexibility index (Phi) is 5.38. The summed E-state index contributed by atoms with van der Waals surface area (Å²) in [5, 5.41) is 0.836. The third-order valence-corrected chi connectivity index (χ3v) is 4.56. The number of esters is 1. The summed E-state index contributed by atoms with van der Waals surface area (Å²) in [7, 11) is 0. The number of halogens is 1. The zero-order chi connectivity index (χ0) is 18.7. The maximum absolute atomic E-state index is 12.8. The molecule has 0 saturated carbocycles. The van der Waals surface area contributed by atoms with Crippen LogP contribution in [0, 0.1) is 6.92 Å². The normalized spacial score (nSPS) is 12.4. The molecule has 0 saturated heterocycles. The van der Waals surface area contributed by atoms with E-state index in [1.165, 1.54) is 6.08 Å². The topological polar surface area (TPSA) is 59.2 Å². The van der Waals surface area contributed by atoms with Crippen LogP contribution in [0.5, 0.6) is 0 Å². The average molecular weight is 412 g/mol. The Morgan fingerprint density at radius 2 is 1.92 bits per heavy atom.